The van der Waals surface area contributed by atoms with Crippen molar-refractivity contribution >= 4 is 34.0 Å². The molecule has 0 saturated heterocycles. The molecule has 1 amide bonds. The van der Waals surface area contributed by atoms with Crippen LogP contribution in [0.1, 0.15) is 19.4 Å². The van der Waals surface area contributed by atoms with Gasteiger partial charge in [-0.25, -0.2) is 4.98 Å². The highest BCUT2D eigenvalue weighted by Gasteiger charge is 2.02. The van der Waals surface area contributed by atoms with Gasteiger partial charge in [0.1, 0.15) is 5.82 Å². The molecule has 0 unspecified atom stereocenters. The second-order valence-corrected chi connectivity index (χ2v) is 5.46. The molecule has 2 N–H and O–H groups in total. The quantitative estimate of drug-likeness (QED) is 0.564. The molecule has 24 heavy (non-hydrogen) atoms. The molecule has 2 aromatic carbocycles. The number of anilines is 2. The number of aromatic nitrogens is 1. The zero-order valence-corrected chi connectivity index (χ0v) is 13.6. The molecule has 0 atom stereocenters. The van der Waals surface area contributed by atoms with E-state index in [-0.39, 0.29) is 5.91 Å². The molecule has 0 spiro atoms. The van der Waals surface area contributed by atoms with E-state index >= 15 is 0 Å². The number of nitrogens with one attached hydrogen (secondary N) is 2. The van der Waals surface area contributed by atoms with Gasteiger partial charge in [-0.3, -0.25) is 10.2 Å². The van der Waals surface area contributed by atoms with Crippen molar-refractivity contribution in [2.24, 2.45) is 5.10 Å². The van der Waals surface area contributed by atoms with E-state index in [0.717, 1.165) is 27.9 Å². The summed E-state index contributed by atoms with van der Waals surface area (Å²) in [6.07, 6.45) is 0. The minimum atomic E-state index is -0.0970. The van der Waals surface area contributed by atoms with Crippen LogP contribution in [0.15, 0.2) is 65.8 Å². The molecule has 1 heterocycles. The smallest absolute Gasteiger partial charge is 0.221 e. The number of hydrazone groups is 1. The van der Waals surface area contributed by atoms with E-state index in [9.17, 15) is 4.79 Å². The SMILES string of the molecule is CC(=O)Nc1cccc(/C(C)=N/Nc2ccc3ccccc3n2)c1. The van der Waals surface area contributed by atoms with Crippen LogP contribution in [0.4, 0.5) is 11.5 Å². The summed E-state index contributed by atoms with van der Waals surface area (Å²) in [7, 11) is 0. The van der Waals surface area contributed by atoms with Crippen LogP contribution in [-0.4, -0.2) is 16.6 Å². The van der Waals surface area contributed by atoms with Gasteiger partial charge in [0.15, 0.2) is 0 Å². The van der Waals surface area contributed by atoms with E-state index in [1.807, 2.05) is 67.6 Å². The van der Waals surface area contributed by atoms with Crippen LogP contribution in [0.2, 0.25) is 0 Å². The number of fused-ring (bicyclic) bond motifs is 1. The van der Waals surface area contributed by atoms with Crippen LogP contribution in [0.25, 0.3) is 10.9 Å². The van der Waals surface area contributed by atoms with Crippen molar-refractivity contribution in [1.29, 1.82) is 0 Å². The van der Waals surface area contributed by atoms with E-state index in [2.05, 4.69) is 20.8 Å². The van der Waals surface area contributed by atoms with Gasteiger partial charge in [0, 0.05) is 18.0 Å². The lowest BCUT2D eigenvalue weighted by Crippen LogP contribution is -2.07. The fourth-order valence-electron chi connectivity index (χ4n) is 2.36. The van der Waals surface area contributed by atoms with Crippen molar-refractivity contribution in [2.45, 2.75) is 13.8 Å². The van der Waals surface area contributed by atoms with Crippen LogP contribution in [0, 0.1) is 0 Å². The lowest BCUT2D eigenvalue weighted by Gasteiger charge is -2.07. The van der Waals surface area contributed by atoms with E-state index in [0.29, 0.717) is 5.82 Å². The fraction of sp³-hybridized carbons (Fsp3) is 0.105. The Morgan fingerprint density at radius 1 is 1.00 bits per heavy atom. The first-order chi connectivity index (χ1) is 11.6. The van der Waals surface area contributed by atoms with Gasteiger partial charge in [-0.2, -0.15) is 5.10 Å². The first-order valence-corrected chi connectivity index (χ1v) is 7.66. The highest BCUT2D eigenvalue weighted by atomic mass is 16.1. The molecule has 0 bridgehead atoms. The van der Waals surface area contributed by atoms with Gasteiger partial charge in [-0.05, 0) is 42.8 Å². The number of para-hydroxylation sites is 1. The lowest BCUT2D eigenvalue weighted by molar-refractivity contribution is -0.114. The maximum atomic E-state index is 11.2. The Bertz CT molecular complexity index is 918. The standard InChI is InChI=1S/C19H18N4O/c1-13(16-7-5-8-17(12-16)20-14(2)24)22-23-19-11-10-15-6-3-4-9-18(15)21-19/h3-12H,1-2H3,(H,20,24)(H,21,23)/b22-13+. The predicted molar refractivity (Wildman–Crippen MR) is 98.3 cm³/mol. The summed E-state index contributed by atoms with van der Waals surface area (Å²) in [5.41, 5.74) is 6.38. The van der Waals surface area contributed by atoms with Gasteiger partial charge in [-0.1, -0.05) is 30.3 Å². The Morgan fingerprint density at radius 3 is 2.67 bits per heavy atom. The number of carbonyl (C=O) groups is 1. The lowest BCUT2D eigenvalue weighted by atomic mass is 10.1. The number of carbonyl (C=O) groups excluding carboxylic acids is 1. The Balaban J connectivity index is 1.78. The molecule has 5 nitrogen and oxygen atoms in total. The Labute approximate surface area is 140 Å². The maximum Gasteiger partial charge on any atom is 0.221 e. The van der Waals surface area contributed by atoms with Crippen molar-refractivity contribution in [3.8, 4) is 0 Å². The first kappa shape index (κ1) is 15.7. The molecule has 0 aliphatic carbocycles. The number of nitrogens with zero attached hydrogens (tertiary/aromatic N) is 2. The first-order valence-electron chi connectivity index (χ1n) is 7.66. The average Bonchev–Trinajstić information content (AvgIpc) is 2.59. The molecule has 0 saturated carbocycles. The van der Waals surface area contributed by atoms with Crippen LogP contribution >= 0.6 is 0 Å². The van der Waals surface area contributed by atoms with E-state index in [1.54, 1.807) is 0 Å². The third-order valence-corrected chi connectivity index (χ3v) is 3.54. The predicted octanol–water partition coefficient (Wildman–Crippen LogP) is 4.03. The minimum absolute atomic E-state index is 0.0970. The third-order valence-electron chi connectivity index (χ3n) is 3.54. The minimum Gasteiger partial charge on any atom is -0.326 e. The summed E-state index contributed by atoms with van der Waals surface area (Å²) in [5, 5.41) is 8.24. The van der Waals surface area contributed by atoms with Crippen LogP contribution < -0.4 is 10.7 Å². The number of amides is 1. The monoisotopic (exact) mass is 318 g/mol. The molecule has 5 heteroatoms. The van der Waals surface area contributed by atoms with Gasteiger partial charge in [-0.15, -0.1) is 0 Å². The topological polar surface area (TPSA) is 66.4 Å². The number of hydrogen-bond acceptors (Lipinski definition) is 4. The maximum absolute atomic E-state index is 11.2. The van der Waals surface area contributed by atoms with Gasteiger partial charge >= 0.3 is 0 Å². The van der Waals surface area contributed by atoms with Crippen molar-refractivity contribution in [2.75, 3.05) is 10.7 Å². The third kappa shape index (κ3) is 3.76. The molecule has 0 radical (unpaired) electrons. The normalized spacial score (nSPS) is 11.3. The zero-order valence-electron chi connectivity index (χ0n) is 13.6. The fourth-order valence-corrected chi connectivity index (χ4v) is 2.36. The van der Waals surface area contributed by atoms with E-state index < -0.39 is 0 Å². The number of rotatable bonds is 4. The largest absolute Gasteiger partial charge is 0.326 e. The summed E-state index contributed by atoms with van der Waals surface area (Å²) in [4.78, 5) is 15.7. The molecule has 0 fully saturated rings. The zero-order chi connectivity index (χ0) is 16.9. The van der Waals surface area contributed by atoms with E-state index in [1.165, 1.54) is 6.92 Å². The molecule has 1 aromatic heterocycles. The van der Waals surface area contributed by atoms with Gasteiger partial charge in [0.2, 0.25) is 5.91 Å². The van der Waals surface area contributed by atoms with E-state index in [4.69, 9.17) is 0 Å². The summed E-state index contributed by atoms with van der Waals surface area (Å²) in [5.74, 6) is 0.589. The average molecular weight is 318 g/mol. The van der Waals surface area contributed by atoms with Gasteiger partial charge in [0.25, 0.3) is 0 Å². The summed E-state index contributed by atoms with van der Waals surface area (Å²) in [6, 6.07) is 19.4. The van der Waals surface area contributed by atoms with Crippen molar-refractivity contribution in [1.82, 2.24) is 4.98 Å². The van der Waals surface area contributed by atoms with Crippen LogP contribution in [0.5, 0.6) is 0 Å². The summed E-state index contributed by atoms with van der Waals surface area (Å²) < 4.78 is 0. The Morgan fingerprint density at radius 2 is 1.83 bits per heavy atom. The highest BCUT2D eigenvalue weighted by Crippen LogP contribution is 2.15. The molecule has 0 aliphatic rings. The Kier molecular flexibility index (Phi) is 4.52. The van der Waals surface area contributed by atoms with Crippen LogP contribution in [-0.2, 0) is 4.79 Å². The number of pyridine rings is 1. The molecule has 3 rings (SSSR count). The van der Waals surface area contributed by atoms with Gasteiger partial charge in [0.05, 0.1) is 11.2 Å². The number of hydrogen-bond donors (Lipinski definition) is 2. The second-order valence-electron chi connectivity index (χ2n) is 5.46. The van der Waals surface area contributed by atoms with Crippen LogP contribution in [0.3, 0.4) is 0 Å². The number of benzene rings is 2. The Hall–Kier alpha value is -3.21. The second kappa shape index (κ2) is 6.91. The molecular formula is C19H18N4O. The van der Waals surface area contributed by atoms with Crippen molar-refractivity contribution in [3.05, 3.63) is 66.2 Å². The van der Waals surface area contributed by atoms with Gasteiger partial charge < -0.3 is 5.32 Å². The highest BCUT2D eigenvalue weighted by molar-refractivity contribution is 6.00. The summed E-state index contributed by atoms with van der Waals surface area (Å²) >= 11 is 0. The molecule has 120 valence electrons. The molecule has 3 aromatic rings. The van der Waals surface area contributed by atoms with Crippen molar-refractivity contribution < 1.29 is 4.79 Å². The molecular weight excluding hydrogens is 300 g/mol. The molecule has 0 aliphatic heterocycles. The van der Waals surface area contributed by atoms with Crippen molar-refractivity contribution in [3.63, 3.8) is 0 Å². The summed E-state index contributed by atoms with van der Waals surface area (Å²) in [6.45, 7) is 3.39.